The predicted molar refractivity (Wildman–Crippen MR) is 47.4 cm³/mol. The average Bonchev–Trinajstić information content (AvgIpc) is 2.05. The van der Waals surface area contributed by atoms with Gasteiger partial charge in [-0.1, -0.05) is 13.8 Å². The van der Waals surface area contributed by atoms with E-state index in [1.165, 1.54) is 0 Å². The molecule has 0 aromatic heterocycles. The zero-order valence-electron chi connectivity index (χ0n) is 7.56. The average molecular weight is 210 g/mol. The van der Waals surface area contributed by atoms with Crippen molar-refractivity contribution in [1.82, 2.24) is 0 Å². The first kappa shape index (κ1) is 12.5. The van der Waals surface area contributed by atoms with Crippen molar-refractivity contribution >= 4 is 17.0 Å². The smallest absolute Gasteiger partial charge is 0.351 e. The van der Waals surface area contributed by atoms with Gasteiger partial charge < -0.3 is 14.8 Å². The van der Waals surface area contributed by atoms with Crippen LogP contribution in [0.5, 0.6) is 0 Å². The standard InChI is InChI=1S/C7H14O5S/c1-3-5(4-2)7(10,6(8)9)13(11)12/h5,10H,3-4H2,1-2H3,(H,8,9)(H,11,12). The minimum Gasteiger partial charge on any atom is -0.478 e. The topological polar surface area (TPSA) is 94.8 Å². The van der Waals surface area contributed by atoms with Crippen LogP contribution >= 0.6 is 0 Å². The number of aliphatic carboxylic acids is 1. The molecule has 0 rings (SSSR count). The van der Waals surface area contributed by atoms with Crippen LogP contribution in [-0.2, 0) is 15.9 Å². The minimum atomic E-state index is -2.77. The van der Waals surface area contributed by atoms with E-state index in [0.717, 1.165) is 0 Å². The normalized spacial score (nSPS) is 18.2. The second-order valence-electron chi connectivity index (χ2n) is 2.76. The number of carbonyl (C=O) groups is 1. The zero-order chi connectivity index (χ0) is 10.6. The largest absolute Gasteiger partial charge is 0.478 e. The first-order valence-electron chi connectivity index (χ1n) is 3.97. The summed E-state index contributed by atoms with van der Waals surface area (Å²) in [6, 6.07) is 0. The SMILES string of the molecule is CCC(CC)C(O)(C(=O)O)S(=O)O. The summed E-state index contributed by atoms with van der Waals surface area (Å²) in [5, 5.41) is 18.1. The maximum atomic E-state index is 10.7. The van der Waals surface area contributed by atoms with Gasteiger partial charge in [0.2, 0.25) is 0 Å². The predicted octanol–water partition coefficient (Wildman–Crippen LogP) is 0.418. The molecule has 0 aliphatic heterocycles. The molecule has 2 atom stereocenters. The molecule has 0 heterocycles. The molecule has 6 heteroatoms. The molecule has 5 nitrogen and oxygen atoms in total. The van der Waals surface area contributed by atoms with Gasteiger partial charge in [0.1, 0.15) is 0 Å². The second kappa shape index (κ2) is 4.69. The van der Waals surface area contributed by atoms with Crippen molar-refractivity contribution in [2.75, 3.05) is 0 Å². The van der Waals surface area contributed by atoms with E-state index in [0.29, 0.717) is 12.8 Å². The minimum absolute atomic E-state index is 0.339. The quantitative estimate of drug-likeness (QED) is 0.571. The first-order chi connectivity index (χ1) is 5.91. The molecule has 0 bridgehead atoms. The van der Waals surface area contributed by atoms with Gasteiger partial charge >= 0.3 is 5.97 Å². The van der Waals surface area contributed by atoms with Crippen molar-refractivity contribution in [3.05, 3.63) is 0 Å². The molecule has 0 amide bonds. The van der Waals surface area contributed by atoms with Crippen LogP contribution in [0.15, 0.2) is 0 Å². The van der Waals surface area contributed by atoms with Gasteiger partial charge in [-0.3, -0.25) is 0 Å². The van der Waals surface area contributed by atoms with Gasteiger partial charge in [-0.05, 0) is 12.8 Å². The molecule has 0 radical (unpaired) electrons. The molecule has 0 aliphatic carbocycles. The molecule has 3 N–H and O–H groups in total. The maximum absolute atomic E-state index is 10.7. The highest BCUT2D eigenvalue weighted by molar-refractivity contribution is 7.81. The van der Waals surface area contributed by atoms with Crippen molar-refractivity contribution in [3.63, 3.8) is 0 Å². The van der Waals surface area contributed by atoms with Crippen LogP contribution in [0.2, 0.25) is 0 Å². The summed E-state index contributed by atoms with van der Waals surface area (Å²) < 4.78 is 19.4. The first-order valence-corrected chi connectivity index (χ1v) is 5.08. The zero-order valence-corrected chi connectivity index (χ0v) is 8.37. The molecule has 0 aromatic rings. The lowest BCUT2D eigenvalue weighted by Crippen LogP contribution is -2.49. The number of rotatable bonds is 5. The van der Waals surface area contributed by atoms with Gasteiger partial charge in [-0.15, -0.1) is 0 Å². The van der Waals surface area contributed by atoms with Gasteiger partial charge in [0, 0.05) is 5.92 Å². The molecular weight excluding hydrogens is 196 g/mol. The number of carboxylic acid groups (broad SMARTS) is 1. The Morgan fingerprint density at radius 3 is 1.92 bits per heavy atom. The van der Waals surface area contributed by atoms with Gasteiger partial charge in [-0.25, -0.2) is 9.00 Å². The van der Waals surface area contributed by atoms with Crippen molar-refractivity contribution in [1.29, 1.82) is 0 Å². The summed E-state index contributed by atoms with van der Waals surface area (Å²) in [7, 11) is 0. The number of hydrogen-bond acceptors (Lipinski definition) is 3. The Morgan fingerprint density at radius 2 is 1.85 bits per heavy atom. The number of aliphatic hydroxyl groups is 1. The van der Waals surface area contributed by atoms with Gasteiger partial charge in [0.15, 0.2) is 11.1 Å². The van der Waals surface area contributed by atoms with Crippen LogP contribution in [0.25, 0.3) is 0 Å². The van der Waals surface area contributed by atoms with E-state index in [1.54, 1.807) is 13.8 Å². The van der Waals surface area contributed by atoms with Crippen molar-refractivity contribution in [3.8, 4) is 0 Å². The fraction of sp³-hybridized carbons (Fsp3) is 0.857. The highest BCUT2D eigenvalue weighted by Gasteiger charge is 2.48. The molecule has 13 heavy (non-hydrogen) atoms. The molecule has 0 saturated carbocycles. The van der Waals surface area contributed by atoms with Crippen LogP contribution < -0.4 is 0 Å². The van der Waals surface area contributed by atoms with Crippen LogP contribution in [0.3, 0.4) is 0 Å². The molecule has 0 spiro atoms. The molecule has 0 aliphatic rings. The summed E-state index contributed by atoms with van der Waals surface area (Å²) in [5.41, 5.74) is 0. The third kappa shape index (κ3) is 2.26. The van der Waals surface area contributed by atoms with E-state index in [2.05, 4.69) is 0 Å². The lowest BCUT2D eigenvalue weighted by Gasteiger charge is -2.27. The molecular formula is C7H14O5S. The number of carboxylic acids is 1. The van der Waals surface area contributed by atoms with Crippen molar-refractivity contribution < 1.29 is 23.8 Å². The summed E-state index contributed by atoms with van der Waals surface area (Å²) in [6.45, 7) is 3.32. The summed E-state index contributed by atoms with van der Waals surface area (Å²) in [4.78, 5) is 8.08. The van der Waals surface area contributed by atoms with Gasteiger partial charge in [0.25, 0.3) is 4.93 Å². The fourth-order valence-electron chi connectivity index (χ4n) is 1.23. The molecule has 0 fully saturated rings. The Kier molecular flexibility index (Phi) is 4.52. The monoisotopic (exact) mass is 210 g/mol. The van der Waals surface area contributed by atoms with Crippen LogP contribution in [0.1, 0.15) is 26.7 Å². The van der Waals surface area contributed by atoms with E-state index in [1.807, 2.05) is 0 Å². The van der Waals surface area contributed by atoms with Crippen molar-refractivity contribution in [2.24, 2.45) is 5.92 Å². The van der Waals surface area contributed by atoms with E-state index < -0.39 is 27.9 Å². The highest BCUT2D eigenvalue weighted by Crippen LogP contribution is 2.27. The molecule has 2 unspecified atom stereocenters. The van der Waals surface area contributed by atoms with Crippen LogP contribution in [-0.4, -0.2) is 29.9 Å². The van der Waals surface area contributed by atoms with E-state index in [4.69, 9.17) is 9.66 Å². The molecule has 0 aromatic carbocycles. The lowest BCUT2D eigenvalue weighted by atomic mass is 9.96. The van der Waals surface area contributed by atoms with E-state index in [-0.39, 0.29) is 0 Å². The fourth-order valence-corrected chi connectivity index (χ4v) is 2.00. The van der Waals surface area contributed by atoms with Crippen LogP contribution in [0, 0.1) is 5.92 Å². The Hall–Kier alpha value is -0.460. The Bertz CT molecular complexity index is 197. The van der Waals surface area contributed by atoms with Gasteiger partial charge in [-0.2, -0.15) is 0 Å². The summed E-state index contributed by atoms with van der Waals surface area (Å²) >= 11 is -2.77. The van der Waals surface area contributed by atoms with Crippen molar-refractivity contribution in [2.45, 2.75) is 31.6 Å². The third-order valence-electron chi connectivity index (χ3n) is 2.11. The summed E-state index contributed by atoms with van der Waals surface area (Å²) in [6.07, 6.45) is 0.678. The Morgan fingerprint density at radius 1 is 1.46 bits per heavy atom. The van der Waals surface area contributed by atoms with Crippen LogP contribution in [0.4, 0.5) is 0 Å². The second-order valence-corrected chi connectivity index (χ2v) is 3.88. The Balaban J connectivity index is 4.98. The third-order valence-corrected chi connectivity index (χ3v) is 3.15. The van der Waals surface area contributed by atoms with Gasteiger partial charge in [0.05, 0.1) is 0 Å². The van der Waals surface area contributed by atoms with E-state index in [9.17, 15) is 14.1 Å². The molecule has 0 saturated heterocycles. The van der Waals surface area contributed by atoms with E-state index >= 15 is 0 Å². The summed E-state index contributed by atoms with van der Waals surface area (Å²) in [5.74, 6) is -2.36. The maximum Gasteiger partial charge on any atom is 0.351 e. The Labute approximate surface area is 79.1 Å². The highest BCUT2D eigenvalue weighted by atomic mass is 32.2. The lowest BCUT2D eigenvalue weighted by molar-refractivity contribution is -0.154. The number of hydrogen-bond donors (Lipinski definition) is 3. The molecule has 78 valence electrons.